The molecular weight excluding hydrogens is 330 g/mol. The van der Waals surface area contributed by atoms with E-state index >= 15 is 0 Å². The van der Waals surface area contributed by atoms with Gasteiger partial charge in [-0.15, -0.1) is 0 Å². The van der Waals surface area contributed by atoms with Crippen molar-refractivity contribution in [1.82, 2.24) is 5.32 Å². The molecule has 0 aliphatic carbocycles. The van der Waals surface area contributed by atoms with Crippen LogP contribution in [0.5, 0.6) is 11.5 Å². The highest BCUT2D eigenvalue weighted by Crippen LogP contribution is 2.33. The van der Waals surface area contributed by atoms with Crippen LogP contribution in [0.2, 0.25) is 0 Å². The first-order chi connectivity index (χ1) is 10.2. The largest absolute Gasteiger partial charge is 0.493 e. The van der Waals surface area contributed by atoms with Crippen molar-refractivity contribution in [2.24, 2.45) is 0 Å². The first kappa shape index (κ1) is 18.3. The van der Waals surface area contributed by atoms with E-state index in [2.05, 4.69) is 34.2 Å². The maximum atomic E-state index is 5.36. The molecule has 0 aromatic heterocycles. The molecule has 0 atom stereocenters. The van der Waals surface area contributed by atoms with Crippen molar-refractivity contribution in [3.63, 3.8) is 0 Å². The summed E-state index contributed by atoms with van der Waals surface area (Å²) in [4.78, 5) is 0. The summed E-state index contributed by atoms with van der Waals surface area (Å²) in [5.74, 6) is 1.58. The predicted octanol–water partition coefficient (Wildman–Crippen LogP) is 4.57. The third kappa shape index (κ3) is 6.70. The lowest BCUT2D eigenvalue weighted by molar-refractivity contribution is 0.354. The Kier molecular flexibility index (Phi) is 9.51. The zero-order valence-corrected chi connectivity index (χ0v) is 15.1. The van der Waals surface area contributed by atoms with Crippen LogP contribution in [0.25, 0.3) is 0 Å². The highest BCUT2D eigenvalue weighted by Gasteiger charge is 2.09. The second kappa shape index (κ2) is 10.9. The van der Waals surface area contributed by atoms with Crippen molar-refractivity contribution < 1.29 is 9.47 Å². The van der Waals surface area contributed by atoms with Gasteiger partial charge in [-0.2, -0.15) is 0 Å². The molecule has 0 aliphatic rings. The van der Waals surface area contributed by atoms with Gasteiger partial charge in [0, 0.05) is 4.47 Å². The van der Waals surface area contributed by atoms with E-state index in [0.717, 1.165) is 35.5 Å². The fourth-order valence-corrected chi connectivity index (χ4v) is 2.83. The number of nitrogens with one attached hydrogen (secondary N) is 1. The average Bonchev–Trinajstić information content (AvgIpc) is 2.50. The monoisotopic (exact) mass is 357 g/mol. The van der Waals surface area contributed by atoms with Crippen LogP contribution in [0.3, 0.4) is 0 Å². The standard InChI is InChI=1S/C17H28BrNO2/c1-4-10-19-11-8-6-5-7-9-14-12-16(20-2)17(21-3)13-15(14)18/h12-13,19H,4-11H2,1-3H3. The van der Waals surface area contributed by atoms with Crippen molar-refractivity contribution in [3.05, 3.63) is 22.2 Å². The van der Waals surface area contributed by atoms with Crippen molar-refractivity contribution in [2.75, 3.05) is 27.3 Å². The Morgan fingerprint density at radius 2 is 1.62 bits per heavy atom. The van der Waals surface area contributed by atoms with Gasteiger partial charge in [-0.1, -0.05) is 35.7 Å². The Hall–Kier alpha value is -0.740. The fraction of sp³-hybridized carbons (Fsp3) is 0.647. The van der Waals surface area contributed by atoms with Gasteiger partial charge >= 0.3 is 0 Å². The van der Waals surface area contributed by atoms with Gasteiger partial charge in [0.05, 0.1) is 14.2 Å². The van der Waals surface area contributed by atoms with Gasteiger partial charge in [-0.05, 0) is 56.5 Å². The molecule has 0 radical (unpaired) electrons. The van der Waals surface area contributed by atoms with Crippen molar-refractivity contribution in [1.29, 1.82) is 0 Å². The highest BCUT2D eigenvalue weighted by atomic mass is 79.9. The number of hydrogen-bond donors (Lipinski definition) is 1. The minimum absolute atomic E-state index is 0.773. The van der Waals surface area contributed by atoms with Gasteiger partial charge < -0.3 is 14.8 Å². The van der Waals surface area contributed by atoms with E-state index in [4.69, 9.17) is 9.47 Å². The number of methoxy groups -OCH3 is 2. The van der Waals surface area contributed by atoms with Crippen molar-refractivity contribution in [2.45, 2.75) is 45.4 Å². The second-order valence-electron chi connectivity index (χ2n) is 5.21. The molecule has 1 aromatic carbocycles. The van der Waals surface area contributed by atoms with Crippen LogP contribution in [-0.4, -0.2) is 27.3 Å². The zero-order chi connectivity index (χ0) is 15.5. The Morgan fingerprint density at radius 1 is 0.952 bits per heavy atom. The molecule has 0 unspecified atom stereocenters. The summed E-state index contributed by atoms with van der Waals surface area (Å²) in [6.45, 7) is 4.49. The zero-order valence-electron chi connectivity index (χ0n) is 13.5. The van der Waals surface area contributed by atoms with Crippen LogP contribution in [-0.2, 0) is 6.42 Å². The lowest BCUT2D eigenvalue weighted by Gasteiger charge is -2.12. The molecule has 3 nitrogen and oxygen atoms in total. The van der Waals surface area contributed by atoms with E-state index in [0.29, 0.717) is 0 Å². The smallest absolute Gasteiger partial charge is 0.161 e. The van der Waals surface area contributed by atoms with E-state index in [1.807, 2.05) is 6.07 Å². The van der Waals surface area contributed by atoms with E-state index in [1.165, 1.54) is 37.7 Å². The maximum Gasteiger partial charge on any atom is 0.161 e. The van der Waals surface area contributed by atoms with Gasteiger partial charge in [0.1, 0.15) is 0 Å². The van der Waals surface area contributed by atoms with Crippen LogP contribution < -0.4 is 14.8 Å². The molecule has 0 spiro atoms. The van der Waals surface area contributed by atoms with Crippen LogP contribution in [0, 0.1) is 0 Å². The van der Waals surface area contributed by atoms with E-state index in [-0.39, 0.29) is 0 Å². The number of aryl methyl sites for hydroxylation is 1. The topological polar surface area (TPSA) is 30.5 Å². The summed E-state index contributed by atoms with van der Waals surface area (Å²) in [6.07, 6.45) is 7.34. The Balaban J connectivity index is 2.32. The minimum atomic E-state index is 0.773. The number of unbranched alkanes of at least 4 members (excludes halogenated alkanes) is 3. The first-order valence-electron chi connectivity index (χ1n) is 7.84. The molecule has 120 valence electrons. The van der Waals surface area contributed by atoms with Crippen LogP contribution in [0.1, 0.15) is 44.6 Å². The number of halogens is 1. The molecule has 0 saturated heterocycles. The average molecular weight is 358 g/mol. The molecule has 0 amide bonds. The van der Waals surface area contributed by atoms with Gasteiger partial charge in [0.25, 0.3) is 0 Å². The summed E-state index contributed by atoms with van der Waals surface area (Å²) in [6, 6.07) is 4.06. The maximum absolute atomic E-state index is 5.36. The summed E-state index contributed by atoms with van der Waals surface area (Å²) in [7, 11) is 3.34. The SMILES string of the molecule is CCCNCCCCCCc1cc(OC)c(OC)cc1Br. The van der Waals surface area contributed by atoms with E-state index in [1.54, 1.807) is 14.2 Å². The molecule has 0 saturated carbocycles. The Labute approximate surface area is 137 Å². The normalized spacial score (nSPS) is 10.7. The third-order valence-electron chi connectivity index (χ3n) is 3.53. The molecule has 0 bridgehead atoms. The third-order valence-corrected chi connectivity index (χ3v) is 4.27. The molecule has 0 aliphatic heterocycles. The number of rotatable bonds is 11. The van der Waals surface area contributed by atoms with Crippen LogP contribution in [0.15, 0.2) is 16.6 Å². The molecule has 1 aromatic rings. The molecular formula is C17H28BrNO2. The lowest BCUT2D eigenvalue weighted by atomic mass is 10.1. The molecule has 1 rings (SSSR count). The van der Waals surface area contributed by atoms with Crippen LogP contribution in [0.4, 0.5) is 0 Å². The summed E-state index contributed by atoms with van der Waals surface area (Å²) in [5.41, 5.74) is 1.29. The first-order valence-corrected chi connectivity index (χ1v) is 8.63. The molecule has 1 N–H and O–H groups in total. The second-order valence-corrected chi connectivity index (χ2v) is 6.07. The number of hydrogen-bond acceptors (Lipinski definition) is 3. The minimum Gasteiger partial charge on any atom is -0.493 e. The summed E-state index contributed by atoms with van der Waals surface area (Å²) < 4.78 is 11.8. The molecule has 4 heteroatoms. The van der Waals surface area contributed by atoms with Crippen molar-refractivity contribution in [3.8, 4) is 11.5 Å². The highest BCUT2D eigenvalue weighted by molar-refractivity contribution is 9.10. The Morgan fingerprint density at radius 3 is 2.29 bits per heavy atom. The summed E-state index contributed by atoms with van der Waals surface area (Å²) >= 11 is 3.62. The van der Waals surface area contributed by atoms with Gasteiger partial charge in [-0.25, -0.2) is 0 Å². The van der Waals surface area contributed by atoms with Crippen molar-refractivity contribution >= 4 is 15.9 Å². The fourth-order valence-electron chi connectivity index (χ4n) is 2.31. The van der Waals surface area contributed by atoms with Gasteiger partial charge in [0.15, 0.2) is 11.5 Å². The van der Waals surface area contributed by atoms with Gasteiger partial charge in [-0.3, -0.25) is 0 Å². The van der Waals surface area contributed by atoms with Gasteiger partial charge in [0.2, 0.25) is 0 Å². The quantitative estimate of drug-likeness (QED) is 0.588. The van der Waals surface area contributed by atoms with E-state index in [9.17, 15) is 0 Å². The molecule has 21 heavy (non-hydrogen) atoms. The lowest BCUT2D eigenvalue weighted by Crippen LogP contribution is -2.15. The van der Waals surface area contributed by atoms with Crippen LogP contribution >= 0.6 is 15.9 Å². The van der Waals surface area contributed by atoms with E-state index < -0.39 is 0 Å². The summed E-state index contributed by atoms with van der Waals surface area (Å²) in [5, 5.41) is 3.44. The number of ether oxygens (including phenoxy) is 2. The molecule has 0 heterocycles. The predicted molar refractivity (Wildman–Crippen MR) is 92.6 cm³/mol. The Bertz CT molecular complexity index is 410. The number of benzene rings is 1. The molecule has 0 fully saturated rings.